The number of phenolic OH excluding ortho intramolecular Hbond substituents is 1. The Kier molecular flexibility index (Phi) is 13.2. The summed E-state index contributed by atoms with van der Waals surface area (Å²) in [5, 5.41) is 40.2. The maximum absolute atomic E-state index is 10.4. The molecule has 10 nitrogen and oxygen atoms in total. The molecule has 1 rings (SSSR count). The molecule has 0 radical (unpaired) electrons. The van der Waals surface area contributed by atoms with Gasteiger partial charge in [0.05, 0.1) is 26.9 Å². The third-order valence-electron chi connectivity index (χ3n) is 1.66. The van der Waals surface area contributed by atoms with E-state index in [1.165, 1.54) is 0 Å². The Morgan fingerprint density at radius 2 is 1.21 bits per heavy atom. The van der Waals surface area contributed by atoms with Crippen LogP contribution in [0.5, 0.6) is 5.75 Å². The normalized spacial score (nSPS) is 8.21. The molecule has 0 saturated carbocycles. The van der Waals surface area contributed by atoms with Crippen molar-refractivity contribution < 1.29 is 84.7 Å². The van der Waals surface area contributed by atoms with E-state index in [0.29, 0.717) is 12.1 Å². The first-order valence-electron chi connectivity index (χ1n) is 3.64. The molecule has 0 bridgehead atoms. The van der Waals surface area contributed by atoms with Gasteiger partial charge in [-0.2, -0.15) is 0 Å². The summed E-state index contributed by atoms with van der Waals surface area (Å²) in [6, 6.07) is 0.894. The average molecular weight is 319 g/mol. The van der Waals surface area contributed by atoms with Crippen LogP contribution in [-0.4, -0.2) is 57.6 Å². The van der Waals surface area contributed by atoms with Crippen LogP contribution in [0.15, 0.2) is 12.1 Å². The minimum Gasteiger partial charge on any atom is -1.00 e. The summed E-state index contributed by atoms with van der Waals surface area (Å²) in [4.78, 5) is 27.8. The second-order valence-corrected chi connectivity index (χ2v) is 2.60. The number of hydrogen-bond donors (Lipinski definition) is 1. The zero-order valence-corrected chi connectivity index (χ0v) is 16.3. The van der Waals surface area contributed by atoms with Gasteiger partial charge in [0.2, 0.25) is 0 Å². The molecule has 0 unspecified atom stereocenters. The molecule has 0 amide bonds. The van der Waals surface area contributed by atoms with Crippen LogP contribution in [0.25, 0.3) is 0 Å². The van der Waals surface area contributed by atoms with Crippen LogP contribution in [0, 0.1) is 30.3 Å². The van der Waals surface area contributed by atoms with Crippen molar-refractivity contribution in [3.05, 3.63) is 42.5 Å². The van der Waals surface area contributed by atoms with Gasteiger partial charge < -0.3 is 10.8 Å². The Morgan fingerprint density at radius 3 is 1.42 bits per heavy atom. The number of benzene rings is 1. The smallest absolute Gasteiger partial charge is 1.00 e. The number of nitro benzene ring substituents is 3. The average Bonchev–Trinajstić information content (AvgIpc) is 2.16. The van der Waals surface area contributed by atoms with Gasteiger partial charge in [-0.3, -0.25) is 30.3 Å². The second-order valence-electron chi connectivity index (χ2n) is 2.60. The Hall–Kier alpha value is 0.480. The number of rotatable bonds is 3. The molecule has 0 saturated heterocycles. The predicted octanol–water partition coefficient (Wildman–Crippen LogP) is -4.81. The monoisotopic (exact) mass is 319 g/mol. The van der Waals surface area contributed by atoms with E-state index >= 15 is 0 Å². The number of nitro groups is 3. The number of nitrogens with zero attached hydrogens (tertiary/aromatic N) is 3. The van der Waals surface area contributed by atoms with Gasteiger partial charge in [-0.15, -0.1) is 0 Å². The Balaban J connectivity index is -0.0000000731. The molecule has 1 aromatic carbocycles. The molecular weight excluding hydrogens is 312 g/mol. The number of phenols is 1. The van der Waals surface area contributed by atoms with E-state index in [1.54, 1.807) is 0 Å². The zero-order chi connectivity index (χ0) is 12.5. The fourth-order valence-corrected chi connectivity index (χ4v) is 0.974. The molecule has 0 heterocycles. The molecule has 0 aliphatic heterocycles. The molecule has 92 valence electrons. The van der Waals surface area contributed by atoms with Gasteiger partial charge >= 0.3 is 108 Å². The molecule has 0 spiro atoms. The van der Waals surface area contributed by atoms with Crippen LogP contribution >= 0.6 is 0 Å². The predicted molar refractivity (Wildman–Crippen MR) is 58.3 cm³/mol. The Morgan fingerprint density at radius 1 is 0.895 bits per heavy atom. The van der Waals surface area contributed by atoms with Crippen LogP contribution in [0.1, 0.15) is 5.71 Å². The topological polar surface area (TPSA) is 150 Å². The van der Waals surface area contributed by atoms with Gasteiger partial charge in [0, 0.05) is 0 Å². The van der Waals surface area contributed by atoms with Crippen LogP contribution in [-0.2, 0) is 0 Å². The summed E-state index contributed by atoms with van der Waals surface area (Å²) < 4.78 is 0. The van der Waals surface area contributed by atoms with E-state index < -0.39 is 37.6 Å². The maximum atomic E-state index is 10.4. The SMILES string of the molecule is O=[N+]([O-])c1cc([N+](=O)[O-])c(O)c([N+](=O)[O-])c1.[Ca+2].[H-].[H-].[H-].[H-].[Na+].[Na+]. The van der Waals surface area contributed by atoms with E-state index in [0.717, 1.165) is 0 Å². The van der Waals surface area contributed by atoms with E-state index in [4.69, 9.17) is 5.11 Å². The molecule has 19 heavy (non-hydrogen) atoms. The standard InChI is InChI=1S/C6H3N3O7.Ca.2Na.4H/c10-6-4(8(13)14)1-3(7(11)12)2-5(6)9(15)16;;;;;;;/h1-2,10H;;;;;;;/q;+2;2*+1;4*-1. The summed E-state index contributed by atoms with van der Waals surface area (Å²) in [5.74, 6) is -1.21. The van der Waals surface area contributed by atoms with E-state index in [9.17, 15) is 30.3 Å². The number of hydrogen-bond acceptors (Lipinski definition) is 7. The second kappa shape index (κ2) is 10.2. The van der Waals surface area contributed by atoms with Gasteiger partial charge in [-0.1, -0.05) is 0 Å². The van der Waals surface area contributed by atoms with Crippen LogP contribution in [0.2, 0.25) is 0 Å². The molecule has 0 aliphatic carbocycles. The van der Waals surface area contributed by atoms with Crippen molar-refractivity contribution in [2.75, 3.05) is 0 Å². The van der Waals surface area contributed by atoms with Gasteiger partial charge in [0.15, 0.2) is 0 Å². The van der Waals surface area contributed by atoms with E-state index in [1.807, 2.05) is 0 Å². The van der Waals surface area contributed by atoms with E-state index in [2.05, 4.69) is 0 Å². The molecule has 0 atom stereocenters. The van der Waals surface area contributed by atoms with Crippen molar-refractivity contribution in [1.29, 1.82) is 0 Å². The summed E-state index contributed by atoms with van der Waals surface area (Å²) in [5.41, 5.74) is -3.00. The van der Waals surface area contributed by atoms with Gasteiger partial charge in [0.1, 0.15) is 0 Å². The fourth-order valence-electron chi connectivity index (χ4n) is 0.974. The zero-order valence-electron chi connectivity index (χ0n) is 14.1. The van der Waals surface area contributed by atoms with Gasteiger partial charge in [-0.05, 0) is 0 Å². The Labute approximate surface area is 185 Å². The van der Waals surface area contributed by atoms with Crippen molar-refractivity contribution >= 4 is 54.8 Å². The minimum atomic E-state index is -1.21. The molecule has 1 N–H and O–H groups in total. The largest absolute Gasteiger partial charge is 2.00 e. The van der Waals surface area contributed by atoms with Crippen molar-refractivity contribution in [3.63, 3.8) is 0 Å². The van der Waals surface area contributed by atoms with Gasteiger partial charge in [-0.25, -0.2) is 0 Å². The molecule has 0 fully saturated rings. The summed E-state index contributed by atoms with van der Waals surface area (Å²) in [7, 11) is 0. The van der Waals surface area contributed by atoms with Crippen LogP contribution in [0.4, 0.5) is 17.1 Å². The van der Waals surface area contributed by atoms with Crippen molar-refractivity contribution in [2.45, 2.75) is 0 Å². The van der Waals surface area contributed by atoms with E-state index in [-0.39, 0.29) is 103 Å². The maximum Gasteiger partial charge on any atom is 2.00 e. The first-order chi connectivity index (χ1) is 7.34. The number of non-ortho nitro benzene ring substituents is 1. The summed E-state index contributed by atoms with van der Waals surface area (Å²) in [6.45, 7) is 0. The Bertz CT molecular complexity index is 492. The van der Waals surface area contributed by atoms with Crippen molar-refractivity contribution in [1.82, 2.24) is 0 Å². The third kappa shape index (κ3) is 6.19. The molecule has 0 aromatic heterocycles. The van der Waals surface area contributed by atoms with Crippen LogP contribution < -0.4 is 59.1 Å². The first kappa shape index (κ1) is 24.5. The number of aromatic hydroxyl groups is 1. The van der Waals surface area contributed by atoms with Crippen LogP contribution in [0.3, 0.4) is 0 Å². The summed E-state index contributed by atoms with van der Waals surface area (Å²) >= 11 is 0. The van der Waals surface area contributed by atoms with Crippen molar-refractivity contribution in [3.8, 4) is 5.75 Å². The fraction of sp³-hybridized carbons (Fsp3) is 0. The summed E-state index contributed by atoms with van der Waals surface area (Å²) in [6.07, 6.45) is 0. The van der Waals surface area contributed by atoms with Crippen molar-refractivity contribution in [2.24, 2.45) is 0 Å². The molecule has 0 aliphatic rings. The molecular formula is C6H7CaN3Na2O7. The van der Waals surface area contributed by atoms with Gasteiger partial charge in [0.25, 0.3) is 11.4 Å². The quantitative estimate of drug-likeness (QED) is 0.333. The minimum absolute atomic E-state index is 0. The molecule has 1 aromatic rings. The third-order valence-corrected chi connectivity index (χ3v) is 1.66. The molecule has 13 heteroatoms. The first-order valence-corrected chi connectivity index (χ1v) is 3.64.